The number of methoxy groups -OCH3 is 1. The lowest BCUT2D eigenvalue weighted by Crippen LogP contribution is -2.44. The quantitative estimate of drug-likeness (QED) is 0.888. The van der Waals surface area contributed by atoms with Crippen molar-refractivity contribution in [3.8, 4) is 0 Å². The molecule has 2 atom stereocenters. The molecule has 3 rings (SSSR count). The van der Waals surface area contributed by atoms with Crippen molar-refractivity contribution in [3.63, 3.8) is 0 Å². The number of alkyl carbamates (subject to hydrolysis) is 1. The maximum atomic E-state index is 12.2. The van der Waals surface area contributed by atoms with Gasteiger partial charge in [0.15, 0.2) is 0 Å². The molecule has 1 N–H and O–H groups in total. The van der Waals surface area contributed by atoms with Crippen LogP contribution in [0.5, 0.6) is 0 Å². The molecule has 2 heterocycles. The standard InChI is InChI=1S/C16H19N3O5/c1-9-14(17-15(21)23-3)24-16(22)19(9)11-5-6-12-10(8-11)4-7-13(20)18(12)2/h5-6,8-9,14H,4,7H2,1-3H3,(H,17,21)/t9?,14-/m0/s1. The van der Waals surface area contributed by atoms with E-state index < -0.39 is 24.5 Å². The van der Waals surface area contributed by atoms with E-state index in [1.807, 2.05) is 12.1 Å². The molecule has 8 heteroatoms. The smallest absolute Gasteiger partial charge is 0.416 e. The van der Waals surface area contributed by atoms with Gasteiger partial charge in [-0.1, -0.05) is 0 Å². The normalized spacial score (nSPS) is 23.0. The molecule has 0 saturated carbocycles. The number of nitrogens with one attached hydrogen (secondary N) is 1. The van der Waals surface area contributed by atoms with Crippen LogP contribution in [0.3, 0.4) is 0 Å². The number of hydrogen-bond donors (Lipinski definition) is 1. The average Bonchev–Trinajstić information content (AvgIpc) is 2.84. The molecule has 2 aliphatic rings. The van der Waals surface area contributed by atoms with E-state index in [4.69, 9.17) is 4.74 Å². The van der Waals surface area contributed by atoms with Crippen molar-refractivity contribution in [1.29, 1.82) is 0 Å². The van der Waals surface area contributed by atoms with Crippen molar-refractivity contribution >= 4 is 29.5 Å². The summed E-state index contributed by atoms with van der Waals surface area (Å²) in [7, 11) is 2.98. The minimum Gasteiger partial charge on any atom is -0.453 e. The molecule has 8 nitrogen and oxygen atoms in total. The number of fused-ring (bicyclic) bond motifs is 1. The molecule has 0 spiro atoms. The largest absolute Gasteiger partial charge is 0.453 e. The van der Waals surface area contributed by atoms with Gasteiger partial charge in [0.05, 0.1) is 13.2 Å². The third kappa shape index (κ3) is 2.64. The maximum absolute atomic E-state index is 12.2. The summed E-state index contributed by atoms with van der Waals surface area (Å²) in [5.41, 5.74) is 2.52. The zero-order chi connectivity index (χ0) is 17.4. The van der Waals surface area contributed by atoms with Gasteiger partial charge in [-0.15, -0.1) is 0 Å². The van der Waals surface area contributed by atoms with E-state index in [2.05, 4.69) is 10.1 Å². The number of benzene rings is 1. The van der Waals surface area contributed by atoms with Crippen LogP contribution in [-0.4, -0.2) is 44.5 Å². The minimum atomic E-state index is -0.787. The van der Waals surface area contributed by atoms with Crippen LogP contribution in [0.25, 0.3) is 0 Å². The highest BCUT2D eigenvalue weighted by Crippen LogP contribution is 2.33. The Labute approximate surface area is 139 Å². The predicted octanol–water partition coefficient (Wildman–Crippen LogP) is 1.62. The number of rotatable bonds is 2. The summed E-state index contributed by atoms with van der Waals surface area (Å²) in [5, 5.41) is 2.48. The average molecular weight is 333 g/mol. The summed E-state index contributed by atoms with van der Waals surface area (Å²) < 4.78 is 9.74. The van der Waals surface area contributed by atoms with Gasteiger partial charge in [0.1, 0.15) is 0 Å². The van der Waals surface area contributed by atoms with Gasteiger partial charge in [-0.05, 0) is 37.1 Å². The Morgan fingerprint density at radius 2 is 2.08 bits per heavy atom. The van der Waals surface area contributed by atoms with Gasteiger partial charge in [-0.25, -0.2) is 9.59 Å². The third-order valence-electron chi connectivity index (χ3n) is 4.40. The molecule has 1 aromatic rings. The monoisotopic (exact) mass is 333 g/mol. The fourth-order valence-electron chi connectivity index (χ4n) is 3.02. The first-order valence-electron chi connectivity index (χ1n) is 7.66. The third-order valence-corrected chi connectivity index (χ3v) is 4.40. The zero-order valence-corrected chi connectivity index (χ0v) is 13.7. The minimum absolute atomic E-state index is 0.0755. The maximum Gasteiger partial charge on any atom is 0.416 e. The summed E-state index contributed by atoms with van der Waals surface area (Å²) in [6.07, 6.45) is -0.908. The molecule has 3 amide bonds. The van der Waals surface area contributed by atoms with Crippen LogP contribution in [0.2, 0.25) is 0 Å². The molecule has 1 aromatic carbocycles. The Hall–Kier alpha value is -2.77. The fourth-order valence-corrected chi connectivity index (χ4v) is 3.02. The van der Waals surface area contributed by atoms with Gasteiger partial charge >= 0.3 is 12.2 Å². The van der Waals surface area contributed by atoms with Crippen LogP contribution in [-0.2, 0) is 20.7 Å². The van der Waals surface area contributed by atoms with E-state index in [9.17, 15) is 14.4 Å². The van der Waals surface area contributed by atoms with E-state index in [1.54, 1.807) is 24.9 Å². The van der Waals surface area contributed by atoms with Crippen LogP contribution >= 0.6 is 0 Å². The van der Waals surface area contributed by atoms with Crippen molar-refractivity contribution in [2.45, 2.75) is 32.0 Å². The van der Waals surface area contributed by atoms with Crippen LogP contribution < -0.4 is 15.1 Å². The summed E-state index contributed by atoms with van der Waals surface area (Å²) >= 11 is 0. The molecule has 128 valence electrons. The molecular weight excluding hydrogens is 314 g/mol. The topological polar surface area (TPSA) is 88.2 Å². The van der Waals surface area contributed by atoms with Gasteiger partial charge in [-0.3, -0.25) is 15.0 Å². The molecule has 0 aromatic heterocycles. The van der Waals surface area contributed by atoms with Crippen molar-refractivity contribution in [3.05, 3.63) is 23.8 Å². The Bertz CT molecular complexity index is 705. The first-order chi connectivity index (χ1) is 11.4. The SMILES string of the molecule is COC(=O)N[C@H]1OC(=O)N(c2ccc3c(c2)CCC(=O)N3C)C1C. The van der Waals surface area contributed by atoms with Gasteiger partial charge in [0, 0.05) is 24.8 Å². The Morgan fingerprint density at radius 3 is 2.79 bits per heavy atom. The molecule has 1 saturated heterocycles. The molecule has 2 aliphatic heterocycles. The molecule has 24 heavy (non-hydrogen) atoms. The fraction of sp³-hybridized carbons (Fsp3) is 0.438. The molecule has 0 radical (unpaired) electrons. The zero-order valence-electron chi connectivity index (χ0n) is 13.7. The lowest BCUT2D eigenvalue weighted by Gasteiger charge is -2.28. The molecule has 0 bridgehead atoms. The highest BCUT2D eigenvalue weighted by Gasteiger charge is 2.41. The molecule has 1 fully saturated rings. The second-order valence-corrected chi connectivity index (χ2v) is 5.82. The van der Waals surface area contributed by atoms with E-state index in [0.29, 0.717) is 18.5 Å². The Balaban J connectivity index is 1.85. The summed E-state index contributed by atoms with van der Waals surface area (Å²) in [4.78, 5) is 38.4. The van der Waals surface area contributed by atoms with Crippen molar-refractivity contribution in [1.82, 2.24) is 5.32 Å². The highest BCUT2D eigenvalue weighted by molar-refractivity contribution is 5.97. The lowest BCUT2D eigenvalue weighted by molar-refractivity contribution is -0.118. The highest BCUT2D eigenvalue weighted by atomic mass is 16.6. The number of anilines is 2. The second-order valence-electron chi connectivity index (χ2n) is 5.82. The molecule has 0 aliphatic carbocycles. The number of hydrogen-bond acceptors (Lipinski definition) is 5. The van der Waals surface area contributed by atoms with E-state index in [1.165, 1.54) is 12.0 Å². The molecule has 1 unspecified atom stereocenters. The molecular formula is C16H19N3O5. The number of cyclic esters (lactones) is 1. The number of carbonyl (C=O) groups is 3. The number of carbonyl (C=O) groups excluding carboxylic acids is 3. The van der Waals surface area contributed by atoms with Crippen LogP contribution in [0.4, 0.5) is 21.0 Å². The van der Waals surface area contributed by atoms with Crippen LogP contribution in [0.15, 0.2) is 18.2 Å². The van der Waals surface area contributed by atoms with E-state index in [-0.39, 0.29) is 5.91 Å². The number of nitrogens with zero attached hydrogens (tertiary/aromatic N) is 2. The Kier molecular flexibility index (Phi) is 4.04. The van der Waals surface area contributed by atoms with E-state index in [0.717, 1.165) is 11.3 Å². The number of amides is 3. The van der Waals surface area contributed by atoms with E-state index >= 15 is 0 Å². The number of aryl methyl sites for hydroxylation is 1. The number of ether oxygens (including phenoxy) is 2. The van der Waals surface area contributed by atoms with Crippen molar-refractivity contribution in [2.24, 2.45) is 0 Å². The second kappa shape index (κ2) is 6.03. The Morgan fingerprint density at radius 1 is 1.33 bits per heavy atom. The summed E-state index contributed by atoms with van der Waals surface area (Å²) in [6, 6.07) is 5.09. The summed E-state index contributed by atoms with van der Waals surface area (Å²) in [6.45, 7) is 1.78. The van der Waals surface area contributed by atoms with Crippen LogP contribution in [0, 0.1) is 0 Å². The van der Waals surface area contributed by atoms with Crippen molar-refractivity contribution in [2.75, 3.05) is 24.0 Å². The summed E-state index contributed by atoms with van der Waals surface area (Å²) in [5.74, 6) is 0.0755. The first-order valence-corrected chi connectivity index (χ1v) is 7.66. The first kappa shape index (κ1) is 16.1. The van der Waals surface area contributed by atoms with Gasteiger partial charge in [-0.2, -0.15) is 0 Å². The predicted molar refractivity (Wildman–Crippen MR) is 85.9 cm³/mol. The van der Waals surface area contributed by atoms with Crippen LogP contribution in [0.1, 0.15) is 18.9 Å². The van der Waals surface area contributed by atoms with Gasteiger partial charge in [0.2, 0.25) is 12.1 Å². The van der Waals surface area contributed by atoms with Gasteiger partial charge in [0.25, 0.3) is 0 Å². The van der Waals surface area contributed by atoms with Crippen molar-refractivity contribution < 1.29 is 23.9 Å². The van der Waals surface area contributed by atoms with Gasteiger partial charge < -0.3 is 14.4 Å². The lowest BCUT2D eigenvalue weighted by atomic mass is 10.0.